The summed E-state index contributed by atoms with van der Waals surface area (Å²) in [6.07, 6.45) is 1.25. The van der Waals surface area contributed by atoms with E-state index in [0.717, 1.165) is 0 Å². The van der Waals surface area contributed by atoms with Crippen molar-refractivity contribution in [3.8, 4) is 0 Å². The molecule has 0 unspecified atom stereocenters. The normalized spacial score (nSPS) is 17.8. The van der Waals surface area contributed by atoms with Gasteiger partial charge in [0.2, 0.25) is 5.91 Å². The molecule has 0 spiro atoms. The number of imidazole rings is 1. The molecule has 3 rings (SSSR count). The second kappa shape index (κ2) is 5.34. The van der Waals surface area contributed by atoms with Gasteiger partial charge in [-0.05, 0) is 31.0 Å². The lowest BCUT2D eigenvalue weighted by Crippen LogP contribution is -2.46. The molecular formula is C14H18N4O3. The zero-order valence-corrected chi connectivity index (χ0v) is 11.6. The van der Waals surface area contributed by atoms with Crippen molar-refractivity contribution in [2.24, 2.45) is 11.1 Å². The first-order valence-corrected chi connectivity index (χ1v) is 6.94. The predicted octanol–water partition coefficient (Wildman–Crippen LogP) is 0.550. The van der Waals surface area contributed by atoms with Crippen LogP contribution in [0.25, 0.3) is 11.0 Å². The quantitative estimate of drug-likeness (QED) is 0.661. The number of hydrogen-bond donors (Lipinski definition) is 4. The standard InChI is InChI=1S/C14H18N4O3/c15-8-14(3-5-21-6-4-14)12(19)16-9-1-2-10-11(7-9)18-13(20)17-10/h1-2,7H,3-6,8,15H2,(H,16,19)(H2,17,18,20). The topological polar surface area (TPSA) is 113 Å². The van der Waals surface area contributed by atoms with E-state index in [-0.39, 0.29) is 11.6 Å². The first kappa shape index (κ1) is 13.8. The minimum absolute atomic E-state index is 0.0921. The Morgan fingerprint density at radius 3 is 2.71 bits per heavy atom. The van der Waals surface area contributed by atoms with Crippen molar-refractivity contribution in [2.45, 2.75) is 12.8 Å². The number of nitrogens with two attached hydrogens (primary N) is 1. The van der Waals surface area contributed by atoms with Crippen LogP contribution >= 0.6 is 0 Å². The summed E-state index contributed by atoms with van der Waals surface area (Å²) < 4.78 is 5.31. The van der Waals surface area contributed by atoms with Gasteiger partial charge in [-0.2, -0.15) is 0 Å². The van der Waals surface area contributed by atoms with Crippen molar-refractivity contribution in [1.82, 2.24) is 9.97 Å². The second-order valence-corrected chi connectivity index (χ2v) is 5.39. The summed E-state index contributed by atoms with van der Waals surface area (Å²) in [5.74, 6) is -0.0921. The number of aromatic amines is 2. The van der Waals surface area contributed by atoms with Crippen LogP contribution in [0.3, 0.4) is 0 Å². The Kier molecular flexibility index (Phi) is 3.52. The SMILES string of the molecule is NCC1(C(=O)Nc2ccc3[nH]c(=O)[nH]c3c2)CCOCC1. The third-order valence-corrected chi connectivity index (χ3v) is 4.10. The Labute approximate surface area is 120 Å². The van der Waals surface area contributed by atoms with Crippen LogP contribution in [-0.2, 0) is 9.53 Å². The van der Waals surface area contributed by atoms with Gasteiger partial charge in [-0.1, -0.05) is 0 Å². The number of nitrogens with one attached hydrogen (secondary N) is 3. The zero-order valence-electron chi connectivity index (χ0n) is 11.6. The number of anilines is 1. The van der Waals surface area contributed by atoms with Crippen LogP contribution in [0.2, 0.25) is 0 Å². The van der Waals surface area contributed by atoms with Crippen LogP contribution in [0.15, 0.2) is 23.0 Å². The van der Waals surface area contributed by atoms with Gasteiger partial charge in [0, 0.05) is 25.4 Å². The fraction of sp³-hybridized carbons (Fsp3) is 0.429. The van der Waals surface area contributed by atoms with E-state index in [1.165, 1.54) is 0 Å². The first-order chi connectivity index (χ1) is 10.1. The van der Waals surface area contributed by atoms with Crippen molar-refractivity contribution in [2.75, 3.05) is 25.1 Å². The van der Waals surface area contributed by atoms with Crippen LogP contribution in [0, 0.1) is 5.41 Å². The molecule has 1 fully saturated rings. The molecular weight excluding hydrogens is 272 g/mol. The molecule has 7 nitrogen and oxygen atoms in total. The van der Waals surface area contributed by atoms with E-state index in [1.807, 2.05) is 0 Å². The first-order valence-electron chi connectivity index (χ1n) is 6.94. The fourth-order valence-corrected chi connectivity index (χ4v) is 2.66. The van der Waals surface area contributed by atoms with Gasteiger partial charge < -0.3 is 25.8 Å². The molecule has 2 heterocycles. The smallest absolute Gasteiger partial charge is 0.323 e. The molecule has 0 radical (unpaired) electrons. The molecule has 1 saturated heterocycles. The Bertz CT molecular complexity index is 712. The maximum atomic E-state index is 12.5. The fourth-order valence-electron chi connectivity index (χ4n) is 2.66. The molecule has 1 aliphatic heterocycles. The highest BCUT2D eigenvalue weighted by Crippen LogP contribution is 2.31. The molecule has 0 aliphatic carbocycles. The summed E-state index contributed by atoms with van der Waals surface area (Å²) in [6, 6.07) is 5.24. The number of carbonyl (C=O) groups is 1. The van der Waals surface area contributed by atoms with E-state index in [2.05, 4.69) is 15.3 Å². The summed E-state index contributed by atoms with van der Waals surface area (Å²) in [6.45, 7) is 1.40. The molecule has 112 valence electrons. The van der Waals surface area contributed by atoms with Crippen LogP contribution in [-0.4, -0.2) is 35.6 Å². The largest absolute Gasteiger partial charge is 0.381 e. The van der Waals surface area contributed by atoms with E-state index in [4.69, 9.17) is 10.5 Å². The number of fused-ring (bicyclic) bond motifs is 1. The molecule has 1 aromatic carbocycles. The van der Waals surface area contributed by atoms with Crippen molar-refractivity contribution in [3.05, 3.63) is 28.7 Å². The lowest BCUT2D eigenvalue weighted by molar-refractivity contribution is -0.130. The predicted molar refractivity (Wildman–Crippen MR) is 79.1 cm³/mol. The number of carbonyl (C=O) groups excluding carboxylic acids is 1. The third-order valence-electron chi connectivity index (χ3n) is 4.10. The van der Waals surface area contributed by atoms with Crippen LogP contribution < -0.4 is 16.7 Å². The highest BCUT2D eigenvalue weighted by Gasteiger charge is 2.38. The summed E-state index contributed by atoms with van der Waals surface area (Å²) in [4.78, 5) is 29.1. The van der Waals surface area contributed by atoms with E-state index in [1.54, 1.807) is 18.2 Å². The van der Waals surface area contributed by atoms with Crippen molar-refractivity contribution in [1.29, 1.82) is 0 Å². The lowest BCUT2D eigenvalue weighted by atomic mass is 9.79. The summed E-state index contributed by atoms with van der Waals surface area (Å²) in [5.41, 5.74) is 6.99. The van der Waals surface area contributed by atoms with Gasteiger partial charge in [-0.15, -0.1) is 0 Å². The van der Waals surface area contributed by atoms with Crippen molar-refractivity contribution >= 4 is 22.6 Å². The van der Waals surface area contributed by atoms with E-state index >= 15 is 0 Å². The Balaban J connectivity index is 1.83. The lowest BCUT2D eigenvalue weighted by Gasteiger charge is -2.34. The van der Waals surface area contributed by atoms with Crippen molar-refractivity contribution < 1.29 is 9.53 Å². The minimum Gasteiger partial charge on any atom is -0.381 e. The maximum Gasteiger partial charge on any atom is 0.323 e. The molecule has 1 amide bonds. The summed E-state index contributed by atoms with van der Waals surface area (Å²) >= 11 is 0. The Morgan fingerprint density at radius 1 is 1.29 bits per heavy atom. The van der Waals surface area contributed by atoms with Gasteiger partial charge in [0.1, 0.15) is 0 Å². The van der Waals surface area contributed by atoms with Gasteiger partial charge in [0.15, 0.2) is 0 Å². The van der Waals surface area contributed by atoms with E-state index < -0.39 is 5.41 Å². The van der Waals surface area contributed by atoms with Crippen molar-refractivity contribution in [3.63, 3.8) is 0 Å². The zero-order chi connectivity index (χ0) is 14.9. The average molecular weight is 290 g/mol. The monoisotopic (exact) mass is 290 g/mol. The van der Waals surface area contributed by atoms with Crippen LogP contribution in [0.1, 0.15) is 12.8 Å². The van der Waals surface area contributed by atoms with Gasteiger partial charge >= 0.3 is 5.69 Å². The number of rotatable bonds is 3. The minimum atomic E-state index is -0.571. The molecule has 2 aromatic rings. The maximum absolute atomic E-state index is 12.5. The van der Waals surface area contributed by atoms with Gasteiger partial charge in [-0.3, -0.25) is 4.79 Å². The summed E-state index contributed by atoms with van der Waals surface area (Å²) in [5, 5.41) is 2.89. The highest BCUT2D eigenvalue weighted by atomic mass is 16.5. The number of ether oxygens (including phenoxy) is 1. The Hall–Kier alpha value is -2.12. The highest BCUT2D eigenvalue weighted by molar-refractivity contribution is 5.97. The van der Waals surface area contributed by atoms with E-state index in [0.29, 0.717) is 49.3 Å². The number of hydrogen-bond acceptors (Lipinski definition) is 4. The molecule has 0 atom stereocenters. The average Bonchev–Trinajstić information content (AvgIpc) is 2.87. The molecule has 0 bridgehead atoms. The Morgan fingerprint density at radius 2 is 2.00 bits per heavy atom. The number of H-pyrrole nitrogens is 2. The molecule has 1 aliphatic rings. The molecule has 1 aromatic heterocycles. The molecule has 7 heteroatoms. The van der Waals surface area contributed by atoms with Gasteiger partial charge in [0.25, 0.3) is 0 Å². The molecule has 0 saturated carbocycles. The molecule has 21 heavy (non-hydrogen) atoms. The van der Waals surface area contributed by atoms with Gasteiger partial charge in [0.05, 0.1) is 16.4 Å². The summed E-state index contributed by atoms with van der Waals surface area (Å²) in [7, 11) is 0. The second-order valence-electron chi connectivity index (χ2n) is 5.39. The molecule has 5 N–H and O–H groups in total. The number of benzene rings is 1. The third kappa shape index (κ3) is 2.57. The van der Waals surface area contributed by atoms with Gasteiger partial charge in [-0.25, -0.2) is 4.79 Å². The number of amides is 1. The number of aromatic nitrogens is 2. The van der Waals surface area contributed by atoms with E-state index in [9.17, 15) is 9.59 Å². The van der Waals surface area contributed by atoms with Crippen LogP contribution in [0.5, 0.6) is 0 Å². The van der Waals surface area contributed by atoms with Crippen LogP contribution in [0.4, 0.5) is 5.69 Å².